The van der Waals surface area contributed by atoms with Gasteiger partial charge < -0.3 is 15.2 Å². The van der Waals surface area contributed by atoms with Crippen LogP contribution in [0.3, 0.4) is 0 Å². The quantitative estimate of drug-likeness (QED) is 0.801. The maximum atomic E-state index is 12.0. The maximum Gasteiger partial charge on any atom is 0.267 e. The highest BCUT2D eigenvalue weighted by Crippen LogP contribution is 2.12. The lowest BCUT2D eigenvalue weighted by Gasteiger charge is -2.08. The molecular weight excluding hydrogens is 282 g/mol. The zero-order chi connectivity index (χ0) is 12.8. The Morgan fingerprint density at radius 1 is 1.32 bits per heavy atom. The highest BCUT2D eigenvalue weighted by Gasteiger charge is 2.10. The van der Waals surface area contributed by atoms with E-state index >= 15 is 0 Å². The molecule has 2 rings (SSSR count). The molecule has 0 unspecified atom stereocenters. The van der Waals surface area contributed by atoms with E-state index in [0.717, 1.165) is 13.1 Å². The van der Waals surface area contributed by atoms with Crippen LogP contribution in [-0.2, 0) is 6.54 Å². The van der Waals surface area contributed by atoms with E-state index in [1.807, 2.05) is 41.4 Å². The van der Waals surface area contributed by atoms with Gasteiger partial charge in [-0.25, -0.2) is 0 Å². The summed E-state index contributed by atoms with van der Waals surface area (Å²) >= 11 is 1.70. The monoisotopic (exact) mass is 299 g/mol. The van der Waals surface area contributed by atoms with Gasteiger partial charge >= 0.3 is 0 Å². The van der Waals surface area contributed by atoms with Crippen LogP contribution in [0, 0.1) is 0 Å². The topological polar surface area (TPSA) is 46.1 Å². The summed E-state index contributed by atoms with van der Waals surface area (Å²) in [7, 11) is 1.87. The van der Waals surface area contributed by atoms with Crippen molar-refractivity contribution in [1.29, 1.82) is 0 Å². The number of nitrogens with zero attached hydrogens (tertiary/aromatic N) is 1. The summed E-state index contributed by atoms with van der Waals surface area (Å²) < 4.78 is 1.97. The van der Waals surface area contributed by atoms with Gasteiger partial charge in [-0.05, 0) is 30.6 Å². The number of carbonyl (C=O) groups excluding carboxylic acids is 1. The van der Waals surface area contributed by atoms with Gasteiger partial charge in [0.25, 0.3) is 5.91 Å². The van der Waals surface area contributed by atoms with E-state index in [0.29, 0.717) is 12.2 Å². The average Bonchev–Trinajstić information content (AvgIpc) is 3.01. The van der Waals surface area contributed by atoms with Crippen LogP contribution in [0.1, 0.15) is 15.4 Å². The molecule has 0 aliphatic carbocycles. The summed E-state index contributed by atoms with van der Waals surface area (Å²) in [6.07, 6.45) is 1.94. The van der Waals surface area contributed by atoms with E-state index in [1.165, 1.54) is 4.88 Å². The maximum absolute atomic E-state index is 12.0. The second-order valence-corrected chi connectivity index (χ2v) is 4.99. The van der Waals surface area contributed by atoms with E-state index in [4.69, 9.17) is 0 Å². The normalized spacial score (nSPS) is 9.95. The van der Waals surface area contributed by atoms with Crippen molar-refractivity contribution in [3.8, 4) is 0 Å². The Balaban J connectivity index is 0.00000180. The lowest BCUT2D eigenvalue weighted by atomic mass is 10.3. The first kappa shape index (κ1) is 15.8. The van der Waals surface area contributed by atoms with Crippen LogP contribution >= 0.6 is 23.7 Å². The Labute approximate surface area is 123 Å². The first-order valence-corrected chi connectivity index (χ1v) is 6.79. The number of nitrogens with one attached hydrogen (secondary N) is 2. The number of halogens is 1. The number of hydrogen-bond donors (Lipinski definition) is 2. The second-order valence-electron chi connectivity index (χ2n) is 3.96. The van der Waals surface area contributed by atoms with Crippen molar-refractivity contribution >= 4 is 29.7 Å². The Morgan fingerprint density at radius 3 is 2.84 bits per heavy atom. The number of rotatable bonds is 6. The summed E-state index contributed by atoms with van der Waals surface area (Å²) in [5, 5.41) is 7.93. The standard InChI is InChI=1S/C13H17N3OS.ClH/c1-14-6-7-15-13(17)12-5-2-8-16(12)10-11-4-3-9-18-11;/h2-5,8-9,14H,6-7,10H2,1H3,(H,15,17);1H. The zero-order valence-corrected chi connectivity index (χ0v) is 12.4. The molecule has 0 bridgehead atoms. The van der Waals surface area contributed by atoms with E-state index in [-0.39, 0.29) is 18.3 Å². The molecule has 1 amide bonds. The van der Waals surface area contributed by atoms with Crippen molar-refractivity contribution in [1.82, 2.24) is 15.2 Å². The summed E-state index contributed by atoms with van der Waals surface area (Å²) in [5.74, 6) is -0.0215. The molecule has 0 fully saturated rings. The van der Waals surface area contributed by atoms with Crippen molar-refractivity contribution in [2.45, 2.75) is 6.54 Å². The molecule has 2 aromatic heterocycles. The summed E-state index contributed by atoms with van der Waals surface area (Å²) in [5.41, 5.74) is 0.708. The third kappa shape index (κ3) is 4.38. The molecule has 4 nitrogen and oxygen atoms in total. The van der Waals surface area contributed by atoms with Crippen LogP contribution in [0.25, 0.3) is 0 Å². The molecule has 2 aromatic rings. The molecule has 19 heavy (non-hydrogen) atoms. The molecule has 0 saturated heterocycles. The van der Waals surface area contributed by atoms with Crippen LogP contribution in [0.4, 0.5) is 0 Å². The highest BCUT2D eigenvalue weighted by molar-refractivity contribution is 7.09. The van der Waals surface area contributed by atoms with E-state index in [2.05, 4.69) is 16.7 Å². The number of amides is 1. The molecule has 0 spiro atoms. The van der Waals surface area contributed by atoms with Gasteiger partial charge in [-0.15, -0.1) is 23.7 Å². The Kier molecular flexibility index (Phi) is 6.62. The molecule has 104 valence electrons. The van der Waals surface area contributed by atoms with Gasteiger partial charge in [-0.3, -0.25) is 4.79 Å². The number of hydrogen-bond acceptors (Lipinski definition) is 3. The highest BCUT2D eigenvalue weighted by atomic mass is 35.5. The molecule has 2 N–H and O–H groups in total. The predicted octanol–water partition coefficient (Wildman–Crippen LogP) is 1.97. The van der Waals surface area contributed by atoms with Crippen molar-refractivity contribution in [2.24, 2.45) is 0 Å². The van der Waals surface area contributed by atoms with Gasteiger partial charge in [-0.1, -0.05) is 6.07 Å². The molecule has 0 aromatic carbocycles. The Bertz CT molecular complexity index is 496. The molecule has 0 saturated carbocycles. The van der Waals surface area contributed by atoms with Gasteiger partial charge in [0.05, 0.1) is 6.54 Å². The van der Waals surface area contributed by atoms with E-state index < -0.39 is 0 Å². The second kappa shape index (κ2) is 7.99. The van der Waals surface area contributed by atoms with E-state index in [1.54, 1.807) is 11.3 Å². The molecule has 2 heterocycles. The third-order valence-electron chi connectivity index (χ3n) is 2.63. The SMILES string of the molecule is CNCCNC(=O)c1cccn1Cc1cccs1.Cl. The average molecular weight is 300 g/mol. The first-order valence-electron chi connectivity index (χ1n) is 5.91. The minimum Gasteiger partial charge on any atom is -0.349 e. The summed E-state index contributed by atoms with van der Waals surface area (Å²) in [6, 6.07) is 7.85. The molecule has 0 radical (unpaired) electrons. The van der Waals surface area contributed by atoms with Crippen LogP contribution in [0.15, 0.2) is 35.8 Å². The number of carbonyl (C=O) groups is 1. The number of aromatic nitrogens is 1. The molecule has 0 aliphatic heterocycles. The molecule has 6 heteroatoms. The van der Waals surface area contributed by atoms with Gasteiger partial charge in [-0.2, -0.15) is 0 Å². The Hall–Kier alpha value is -1.30. The summed E-state index contributed by atoms with van der Waals surface area (Å²) in [6.45, 7) is 2.16. The van der Waals surface area contributed by atoms with Crippen LogP contribution in [-0.4, -0.2) is 30.6 Å². The van der Waals surface area contributed by atoms with Crippen molar-refractivity contribution in [2.75, 3.05) is 20.1 Å². The van der Waals surface area contributed by atoms with Gasteiger partial charge in [0.15, 0.2) is 0 Å². The molecular formula is C13H18ClN3OS. The minimum atomic E-state index is -0.0215. The fourth-order valence-electron chi connectivity index (χ4n) is 1.72. The number of likely N-dealkylation sites (N-methyl/N-ethyl adjacent to an activating group) is 1. The van der Waals surface area contributed by atoms with Crippen molar-refractivity contribution < 1.29 is 4.79 Å². The zero-order valence-electron chi connectivity index (χ0n) is 10.8. The van der Waals surface area contributed by atoms with Crippen LogP contribution in [0.2, 0.25) is 0 Å². The third-order valence-corrected chi connectivity index (χ3v) is 3.49. The molecule has 0 atom stereocenters. The fraction of sp³-hybridized carbons (Fsp3) is 0.308. The number of thiophene rings is 1. The van der Waals surface area contributed by atoms with Crippen LogP contribution in [0.5, 0.6) is 0 Å². The lowest BCUT2D eigenvalue weighted by molar-refractivity contribution is 0.0945. The van der Waals surface area contributed by atoms with Crippen molar-refractivity contribution in [3.05, 3.63) is 46.4 Å². The largest absolute Gasteiger partial charge is 0.349 e. The Morgan fingerprint density at radius 2 is 2.16 bits per heavy atom. The van der Waals surface area contributed by atoms with Gasteiger partial charge in [0, 0.05) is 24.2 Å². The smallest absolute Gasteiger partial charge is 0.267 e. The molecule has 0 aliphatic rings. The van der Waals surface area contributed by atoms with Gasteiger partial charge in [0.2, 0.25) is 0 Å². The van der Waals surface area contributed by atoms with Gasteiger partial charge in [0.1, 0.15) is 5.69 Å². The fourth-order valence-corrected chi connectivity index (χ4v) is 2.42. The first-order chi connectivity index (χ1) is 8.81. The van der Waals surface area contributed by atoms with E-state index in [9.17, 15) is 4.79 Å². The van der Waals surface area contributed by atoms with Crippen molar-refractivity contribution in [3.63, 3.8) is 0 Å². The summed E-state index contributed by atoms with van der Waals surface area (Å²) in [4.78, 5) is 13.2. The lowest BCUT2D eigenvalue weighted by Crippen LogP contribution is -2.31. The predicted molar refractivity (Wildman–Crippen MR) is 81.4 cm³/mol. The minimum absolute atomic E-state index is 0. The van der Waals surface area contributed by atoms with Crippen LogP contribution < -0.4 is 10.6 Å².